The third-order valence-electron chi connectivity index (χ3n) is 1.36. The summed E-state index contributed by atoms with van der Waals surface area (Å²) in [6.07, 6.45) is 0. The summed E-state index contributed by atoms with van der Waals surface area (Å²) in [4.78, 5) is 0. The molecule has 1 rings (SSSR count). The SMILES string of the molecule is CC(C)(F)c1cc(Cl)nnc1Cl. The van der Waals surface area contributed by atoms with Crippen LogP contribution in [0.25, 0.3) is 0 Å². The second kappa shape index (κ2) is 3.15. The fraction of sp³-hybridized carbons (Fsp3) is 0.429. The molecule has 0 N–H and O–H groups in total. The number of alkyl halides is 1. The Balaban J connectivity index is 3.23. The van der Waals surface area contributed by atoms with E-state index in [-0.39, 0.29) is 15.9 Å². The number of nitrogens with zero attached hydrogens (tertiary/aromatic N) is 2. The van der Waals surface area contributed by atoms with Crippen LogP contribution < -0.4 is 0 Å². The number of aromatic nitrogens is 2. The Kier molecular flexibility index (Phi) is 2.54. The Morgan fingerprint density at radius 1 is 1.33 bits per heavy atom. The minimum atomic E-state index is -1.54. The predicted molar refractivity (Wildman–Crippen MR) is 46.2 cm³/mol. The Hall–Kier alpha value is -0.410. The van der Waals surface area contributed by atoms with E-state index in [4.69, 9.17) is 23.2 Å². The van der Waals surface area contributed by atoms with E-state index in [0.717, 1.165) is 0 Å². The Labute approximate surface area is 79.7 Å². The van der Waals surface area contributed by atoms with Gasteiger partial charge in [-0.3, -0.25) is 0 Å². The first-order valence-electron chi connectivity index (χ1n) is 3.29. The molecule has 0 bridgehead atoms. The van der Waals surface area contributed by atoms with Crippen LogP contribution in [0.5, 0.6) is 0 Å². The van der Waals surface area contributed by atoms with Gasteiger partial charge in [-0.05, 0) is 19.9 Å². The van der Waals surface area contributed by atoms with Gasteiger partial charge in [-0.15, -0.1) is 10.2 Å². The molecule has 5 heteroatoms. The Bertz CT molecular complexity index is 296. The van der Waals surface area contributed by atoms with Crippen molar-refractivity contribution in [3.8, 4) is 0 Å². The number of halogens is 3. The molecule has 0 radical (unpaired) electrons. The van der Waals surface area contributed by atoms with Crippen LogP contribution in [0, 0.1) is 0 Å². The molecular formula is C7H7Cl2FN2. The third kappa shape index (κ3) is 2.05. The molecule has 0 spiro atoms. The highest BCUT2D eigenvalue weighted by Gasteiger charge is 2.23. The van der Waals surface area contributed by atoms with Crippen LogP contribution in [0.15, 0.2) is 6.07 Å². The summed E-state index contributed by atoms with van der Waals surface area (Å²) < 4.78 is 13.4. The molecular weight excluding hydrogens is 202 g/mol. The highest BCUT2D eigenvalue weighted by Crippen LogP contribution is 2.30. The Morgan fingerprint density at radius 3 is 2.33 bits per heavy atom. The van der Waals surface area contributed by atoms with E-state index in [1.54, 1.807) is 0 Å². The van der Waals surface area contributed by atoms with Crippen LogP contribution in [-0.4, -0.2) is 10.2 Å². The minimum absolute atomic E-state index is 0.0481. The van der Waals surface area contributed by atoms with Gasteiger partial charge in [0.15, 0.2) is 10.3 Å². The topological polar surface area (TPSA) is 25.8 Å². The van der Waals surface area contributed by atoms with Crippen molar-refractivity contribution in [1.82, 2.24) is 10.2 Å². The molecule has 0 aliphatic carbocycles. The molecule has 0 aromatic carbocycles. The standard InChI is InChI=1S/C7H7Cl2FN2/c1-7(2,10)4-3-5(8)11-12-6(4)9/h3H,1-2H3. The fourth-order valence-corrected chi connectivity index (χ4v) is 1.23. The van der Waals surface area contributed by atoms with Gasteiger partial charge in [0.05, 0.1) is 0 Å². The summed E-state index contributed by atoms with van der Waals surface area (Å²) in [6, 6.07) is 1.37. The van der Waals surface area contributed by atoms with Crippen LogP contribution in [0.3, 0.4) is 0 Å². The van der Waals surface area contributed by atoms with Crippen molar-refractivity contribution in [2.75, 3.05) is 0 Å². The molecule has 12 heavy (non-hydrogen) atoms. The molecule has 1 heterocycles. The summed E-state index contributed by atoms with van der Waals surface area (Å²) >= 11 is 11.1. The maximum absolute atomic E-state index is 13.4. The van der Waals surface area contributed by atoms with Crippen molar-refractivity contribution in [2.45, 2.75) is 19.5 Å². The number of hydrogen-bond donors (Lipinski definition) is 0. The van der Waals surface area contributed by atoms with Gasteiger partial charge >= 0.3 is 0 Å². The van der Waals surface area contributed by atoms with E-state index in [1.807, 2.05) is 0 Å². The molecule has 0 aliphatic rings. The maximum atomic E-state index is 13.4. The monoisotopic (exact) mass is 208 g/mol. The van der Waals surface area contributed by atoms with Crippen molar-refractivity contribution in [1.29, 1.82) is 0 Å². The average Bonchev–Trinajstić information content (AvgIpc) is 1.92. The van der Waals surface area contributed by atoms with Gasteiger partial charge in [0.25, 0.3) is 0 Å². The second-order valence-electron chi connectivity index (χ2n) is 2.84. The minimum Gasteiger partial charge on any atom is -0.239 e. The molecule has 0 unspecified atom stereocenters. The molecule has 0 saturated heterocycles. The normalized spacial score (nSPS) is 11.8. The summed E-state index contributed by atoms with van der Waals surface area (Å²) in [5.74, 6) is 0. The first kappa shape index (κ1) is 9.68. The van der Waals surface area contributed by atoms with Crippen molar-refractivity contribution >= 4 is 23.2 Å². The molecule has 0 amide bonds. The summed E-state index contributed by atoms with van der Waals surface area (Å²) in [5, 5.41) is 7.15. The van der Waals surface area contributed by atoms with E-state index in [0.29, 0.717) is 0 Å². The fourth-order valence-electron chi connectivity index (χ4n) is 0.770. The average molecular weight is 209 g/mol. The summed E-state index contributed by atoms with van der Waals surface area (Å²) in [5.41, 5.74) is -1.29. The Morgan fingerprint density at radius 2 is 1.92 bits per heavy atom. The molecule has 0 aliphatic heterocycles. The summed E-state index contributed by atoms with van der Waals surface area (Å²) in [6.45, 7) is 2.76. The zero-order valence-electron chi connectivity index (χ0n) is 6.61. The lowest BCUT2D eigenvalue weighted by Crippen LogP contribution is -2.11. The van der Waals surface area contributed by atoms with Gasteiger partial charge < -0.3 is 0 Å². The van der Waals surface area contributed by atoms with E-state index < -0.39 is 5.67 Å². The molecule has 0 saturated carbocycles. The molecule has 1 aromatic rings. The van der Waals surface area contributed by atoms with Crippen LogP contribution in [0.4, 0.5) is 4.39 Å². The van der Waals surface area contributed by atoms with Gasteiger partial charge in [0.1, 0.15) is 5.67 Å². The molecule has 0 atom stereocenters. The van der Waals surface area contributed by atoms with Crippen LogP contribution in [0.2, 0.25) is 10.3 Å². The van der Waals surface area contributed by atoms with Crippen molar-refractivity contribution < 1.29 is 4.39 Å². The molecule has 0 fully saturated rings. The molecule has 2 nitrogen and oxygen atoms in total. The van der Waals surface area contributed by atoms with Crippen LogP contribution in [-0.2, 0) is 5.67 Å². The number of hydrogen-bond acceptors (Lipinski definition) is 2. The zero-order valence-corrected chi connectivity index (χ0v) is 8.12. The summed E-state index contributed by atoms with van der Waals surface area (Å²) in [7, 11) is 0. The highest BCUT2D eigenvalue weighted by molar-refractivity contribution is 6.31. The van der Waals surface area contributed by atoms with E-state index in [9.17, 15) is 4.39 Å². The first-order chi connectivity index (χ1) is 5.41. The van der Waals surface area contributed by atoms with E-state index in [2.05, 4.69) is 10.2 Å². The van der Waals surface area contributed by atoms with Crippen LogP contribution >= 0.6 is 23.2 Å². The lowest BCUT2D eigenvalue weighted by atomic mass is 10.0. The lowest BCUT2D eigenvalue weighted by molar-refractivity contribution is 0.220. The van der Waals surface area contributed by atoms with Gasteiger partial charge in [-0.1, -0.05) is 23.2 Å². The van der Waals surface area contributed by atoms with Gasteiger partial charge in [-0.25, -0.2) is 4.39 Å². The lowest BCUT2D eigenvalue weighted by Gasteiger charge is -2.14. The van der Waals surface area contributed by atoms with Crippen LogP contribution in [0.1, 0.15) is 19.4 Å². The van der Waals surface area contributed by atoms with E-state index in [1.165, 1.54) is 19.9 Å². The molecule has 1 aromatic heterocycles. The van der Waals surface area contributed by atoms with Gasteiger partial charge in [-0.2, -0.15) is 0 Å². The predicted octanol–water partition coefficient (Wildman–Crippen LogP) is 2.99. The van der Waals surface area contributed by atoms with E-state index >= 15 is 0 Å². The smallest absolute Gasteiger partial charge is 0.158 e. The zero-order chi connectivity index (χ0) is 9.35. The first-order valence-corrected chi connectivity index (χ1v) is 4.05. The highest BCUT2D eigenvalue weighted by atomic mass is 35.5. The quantitative estimate of drug-likeness (QED) is 0.710. The van der Waals surface area contributed by atoms with Crippen molar-refractivity contribution in [2.24, 2.45) is 0 Å². The van der Waals surface area contributed by atoms with Gasteiger partial charge in [0.2, 0.25) is 0 Å². The van der Waals surface area contributed by atoms with Crippen molar-refractivity contribution in [3.63, 3.8) is 0 Å². The third-order valence-corrected chi connectivity index (χ3v) is 1.82. The molecule has 66 valence electrons. The maximum Gasteiger partial charge on any atom is 0.158 e. The largest absolute Gasteiger partial charge is 0.239 e. The number of rotatable bonds is 1. The van der Waals surface area contributed by atoms with Gasteiger partial charge in [0, 0.05) is 5.56 Å². The second-order valence-corrected chi connectivity index (χ2v) is 3.59. The van der Waals surface area contributed by atoms with Crippen molar-refractivity contribution in [3.05, 3.63) is 21.9 Å².